The quantitative estimate of drug-likeness (QED) is 0.368. The number of nitrogens with one attached hydrogen (secondary N) is 1. The average Bonchev–Trinajstić information content (AvgIpc) is 2.36. The molecule has 0 aliphatic carbocycles. The van der Waals surface area contributed by atoms with Gasteiger partial charge in [-0.15, -0.1) is 12.4 Å². The Labute approximate surface area is 127 Å². The number of hydrogen-bond donors (Lipinski definition) is 2. The highest BCUT2D eigenvalue weighted by atomic mass is 35.5. The van der Waals surface area contributed by atoms with Crippen molar-refractivity contribution in [2.24, 2.45) is 0 Å². The van der Waals surface area contributed by atoms with Crippen molar-refractivity contribution in [1.29, 1.82) is 0 Å². The topological polar surface area (TPSA) is 32.3 Å². The van der Waals surface area contributed by atoms with Crippen LogP contribution in [-0.4, -0.2) is 17.4 Å². The average molecular weight is 294 g/mol. The molecule has 0 aliphatic heterocycles. The van der Waals surface area contributed by atoms with Crippen LogP contribution in [0.1, 0.15) is 91.4 Å². The third-order valence-electron chi connectivity index (χ3n) is 3.72. The van der Waals surface area contributed by atoms with Gasteiger partial charge in [0, 0.05) is 0 Å². The van der Waals surface area contributed by atoms with E-state index in [1.54, 1.807) is 0 Å². The Kier molecular flexibility index (Phi) is 16.5. The molecular weight excluding hydrogens is 258 g/mol. The van der Waals surface area contributed by atoms with Gasteiger partial charge in [-0.3, -0.25) is 5.32 Å². The van der Waals surface area contributed by atoms with Gasteiger partial charge in [0.05, 0.1) is 0 Å². The Hall–Kier alpha value is 0.210. The molecule has 0 fully saturated rings. The minimum absolute atomic E-state index is 0. The SMILES string of the molecule is CCCCCCCCCCCCNC(C)(O)CC.Cl. The normalized spacial score (nSPS) is 13.9. The molecule has 0 spiro atoms. The highest BCUT2D eigenvalue weighted by Crippen LogP contribution is 2.10. The van der Waals surface area contributed by atoms with Crippen LogP contribution in [0.2, 0.25) is 0 Å². The molecule has 1 atom stereocenters. The second-order valence-electron chi connectivity index (χ2n) is 5.74. The molecular formula is C16H36ClNO. The van der Waals surface area contributed by atoms with Gasteiger partial charge in [0.1, 0.15) is 5.72 Å². The second kappa shape index (κ2) is 14.6. The standard InChI is InChI=1S/C16H35NO.ClH/c1-4-6-7-8-9-10-11-12-13-14-15-17-16(3,18)5-2;/h17-18H,4-15H2,1-3H3;1H. The first-order valence-corrected chi connectivity index (χ1v) is 8.09. The van der Waals surface area contributed by atoms with Gasteiger partial charge >= 0.3 is 0 Å². The Bertz CT molecular complexity index is 174. The van der Waals surface area contributed by atoms with Gasteiger partial charge in [-0.25, -0.2) is 0 Å². The molecule has 2 N–H and O–H groups in total. The third-order valence-corrected chi connectivity index (χ3v) is 3.72. The van der Waals surface area contributed by atoms with Crippen molar-refractivity contribution >= 4 is 12.4 Å². The lowest BCUT2D eigenvalue weighted by Gasteiger charge is -2.22. The molecule has 0 bridgehead atoms. The molecule has 0 amide bonds. The first-order chi connectivity index (χ1) is 8.62. The molecule has 0 aliphatic rings. The van der Waals surface area contributed by atoms with E-state index < -0.39 is 5.72 Å². The largest absolute Gasteiger partial charge is 0.376 e. The smallest absolute Gasteiger partial charge is 0.112 e. The lowest BCUT2D eigenvalue weighted by molar-refractivity contribution is 0.0203. The van der Waals surface area contributed by atoms with Gasteiger partial charge in [0.25, 0.3) is 0 Å². The zero-order valence-electron chi connectivity index (χ0n) is 13.3. The number of hydrogen-bond acceptors (Lipinski definition) is 2. The fraction of sp³-hybridized carbons (Fsp3) is 1.00. The summed E-state index contributed by atoms with van der Waals surface area (Å²) in [7, 11) is 0. The Morgan fingerprint density at radius 1 is 0.789 bits per heavy atom. The third kappa shape index (κ3) is 16.2. The number of halogens is 1. The molecule has 118 valence electrons. The van der Waals surface area contributed by atoms with E-state index in [1.807, 2.05) is 13.8 Å². The lowest BCUT2D eigenvalue weighted by atomic mass is 10.1. The maximum atomic E-state index is 9.76. The highest BCUT2D eigenvalue weighted by Gasteiger charge is 2.14. The Morgan fingerprint density at radius 2 is 1.21 bits per heavy atom. The fourth-order valence-electron chi connectivity index (χ4n) is 2.10. The summed E-state index contributed by atoms with van der Waals surface area (Å²) in [5.41, 5.74) is -0.667. The predicted molar refractivity (Wildman–Crippen MR) is 88.0 cm³/mol. The minimum Gasteiger partial charge on any atom is -0.376 e. The van der Waals surface area contributed by atoms with Crippen molar-refractivity contribution in [2.45, 2.75) is 97.1 Å². The van der Waals surface area contributed by atoms with E-state index in [4.69, 9.17) is 0 Å². The number of unbranched alkanes of at least 4 members (excludes halogenated alkanes) is 9. The number of aliphatic hydroxyl groups is 1. The monoisotopic (exact) mass is 293 g/mol. The van der Waals surface area contributed by atoms with Crippen LogP contribution >= 0.6 is 12.4 Å². The van der Waals surface area contributed by atoms with Crippen molar-refractivity contribution in [3.05, 3.63) is 0 Å². The van der Waals surface area contributed by atoms with Crippen LogP contribution in [0.15, 0.2) is 0 Å². The molecule has 0 saturated heterocycles. The number of rotatable bonds is 13. The minimum atomic E-state index is -0.667. The summed E-state index contributed by atoms with van der Waals surface area (Å²) in [6.07, 6.45) is 14.4. The molecule has 0 heterocycles. The van der Waals surface area contributed by atoms with E-state index in [0.717, 1.165) is 13.0 Å². The summed E-state index contributed by atoms with van der Waals surface area (Å²) >= 11 is 0. The Morgan fingerprint density at radius 3 is 1.63 bits per heavy atom. The van der Waals surface area contributed by atoms with Gasteiger partial charge in [0.2, 0.25) is 0 Å². The molecule has 1 unspecified atom stereocenters. The molecule has 0 aromatic heterocycles. The first kappa shape index (κ1) is 21.5. The zero-order chi connectivity index (χ0) is 13.7. The van der Waals surface area contributed by atoms with Gasteiger partial charge in [0.15, 0.2) is 0 Å². The van der Waals surface area contributed by atoms with Crippen LogP contribution < -0.4 is 5.32 Å². The maximum absolute atomic E-state index is 9.76. The van der Waals surface area contributed by atoms with Crippen molar-refractivity contribution in [1.82, 2.24) is 5.32 Å². The van der Waals surface area contributed by atoms with E-state index in [2.05, 4.69) is 12.2 Å². The van der Waals surface area contributed by atoms with Crippen LogP contribution in [0.25, 0.3) is 0 Å². The van der Waals surface area contributed by atoms with Crippen molar-refractivity contribution in [2.75, 3.05) is 6.54 Å². The lowest BCUT2D eigenvalue weighted by Crippen LogP contribution is -2.41. The Balaban J connectivity index is 0. The van der Waals surface area contributed by atoms with E-state index in [0.29, 0.717) is 0 Å². The van der Waals surface area contributed by atoms with Crippen LogP contribution in [0, 0.1) is 0 Å². The van der Waals surface area contributed by atoms with E-state index in [-0.39, 0.29) is 12.4 Å². The molecule has 2 nitrogen and oxygen atoms in total. The summed E-state index contributed by atoms with van der Waals surface area (Å²) in [5, 5.41) is 12.9. The van der Waals surface area contributed by atoms with Crippen molar-refractivity contribution < 1.29 is 5.11 Å². The van der Waals surface area contributed by atoms with Gasteiger partial charge in [-0.1, -0.05) is 71.6 Å². The van der Waals surface area contributed by atoms with Gasteiger partial charge in [-0.05, 0) is 26.3 Å². The summed E-state index contributed by atoms with van der Waals surface area (Å²) in [5.74, 6) is 0. The maximum Gasteiger partial charge on any atom is 0.112 e. The van der Waals surface area contributed by atoms with E-state index in [9.17, 15) is 5.11 Å². The van der Waals surface area contributed by atoms with Gasteiger partial charge in [-0.2, -0.15) is 0 Å². The summed E-state index contributed by atoms with van der Waals surface area (Å²) in [4.78, 5) is 0. The predicted octanol–water partition coefficient (Wildman–Crippen LogP) is 5.04. The van der Waals surface area contributed by atoms with Crippen molar-refractivity contribution in [3.63, 3.8) is 0 Å². The summed E-state index contributed by atoms with van der Waals surface area (Å²) in [6.45, 7) is 7.07. The molecule has 0 saturated carbocycles. The zero-order valence-corrected chi connectivity index (χ0v) is 14.2. The van der Waals surface area contributed by atoms with E-state index in [1.165, 1.54) is 64.2 Å². The van der Waals surface area contributed by atoms with Crippen molar-refractivity contribution in [3.8, 4) is 0 Å². The van der Waals surface area contributed by atoms with Crippen LogP contribution in [0.4, 0.5) is 0 Å². The van der Waals surface area contributed by atoms with Crippen LogP contribution in [0.3, 0.4) is 0 Å². The molecule has 0 aromatic carbocycles. The van der Waals surface area contributed by atoms with Crippen LogP contribution in [0.5, 0.6) is 0 Å². The molecule has 0 rings (SSSR count). The fourth-order valence-corrected chi connectivity index (χ4v) is 2.10. The molecule has 3 heteroatoms. The molecule has 0 aromatic rings. The summed E-state index contributed by atoms with van der Waals surface area (Å²) in [6, 6.07) is 0. The highest BCUT2D eigenvalue weighted by molar-refractivity contribution is 5.85. The van der Waals surface area contributed by atoms with E-state index >= 15 is 0 Å². The molecule has 0 radical (unpaired) electrons. The van der Waals surface area contributed by atoms with Crippen LogP contribution in [-0.2, 0) is 0 Å². The second-order valence-corrected chi connectivity index (χ2v) is 5.74. The summed E-state index contributed by atoms with van der Waals surface area (Å²) < 4.78 is 0. The molecule has 19 heavy (non-hydrogen) atoms. The first-order valence-electron chi connectivity index (χ1n) is 8.09. The van der Waals surface area contributed by atoms with Gasteiger partial charge < -0.3 is 5.11 Å².